The van der Waals surface area contributed by atoms with Gasteiger partial charge in [-0.2, -0.15) is 4.98 Å². The molecule has 0 bridgehead atoms. The summed E-state index contributed by atoms with van der Waals surface area (Å²) in [6, 6.07) is 13.8. The number of aromatic amines is 1. The number of nitrogens with one attached hydrogen (secondary N) is 3. The molecule has 0 fully saturated rings. The zero-order chi connectivity index (χ0) is 21.1. The zero-order valence-electron chi connectivity index (χ0n) is 15.9. The van der Waals surface area contributed by atoms with Gasteiger partial charge in [-0.25, -0.2) is 8.42 Å². The first-order chi connectivity index (χ1) is 14.5. The summed E-state index contributed by atoms with van der Waals surface area (Å²) in [5.74, 6) is 1.09. The molecule has 2 heterocycles. The predicted octanol–water partition coefficient (Wildman–Crippen LogP) is 1.55. The molecule has 2 aromatic carbocycles. The van der Waals surface area contributed by atoms with Gasteiger partial charge in [-0.05, 0) is 24.3 Å². The van der Waals surface area contributed by atoms with E-state index in [0.29, 0.717) is 22.7 Å². The van der Waals surface area contributed by atoms with Crippen LogP contribution < -0.4 is 14.8 Å². The third kappa shape index (κ3) is 3.87. The Labute approximate surface area is 172 Å². The summed E-state index contributed by atoms with van der Waals surface area (Å²) < 4.78 is 31.8. The maximum atomic E-state index is 12.2. The van der Waals surface area contributed by atoms with Crippen molar-refractivity contribution in [2.75, 3.05) is 19.0 Å². The molecule has 1 amide bonds. The number of benzene rings is 2. The number of aliphatic imine (C=N–C) groups is 1. The molecular formula is C19H18N6O4S. The molecule has 0 aliphatic carbocycles. The lowest BCUT2D eigenvalue weighted by atomic mass is 10.2. The van der Waals surface area contributed by atoms with Crippen LogP contribution in [0.4, 0.5) is 5.95 Å². The quantitative estimate of drug-likeness (QED) is 0.547. The van der Waals surface area contributed by atoms with Crippen molar-refractivity contribution in [3.63, 3.8) is 0 Å². The number of H-pyrrole nitrogens is 1. The van der Waals surface area contributed by atoms with Gasteiger partial charge in [-0.3, -0.25) is 24.9 Å². The van der Waals surface area contributed by atoms with E-state index < -0.39 is 10.0 Å². The Bertz CT molecular complexity index is 1240. The van der Waals surface area contributed by atoms with E-state index in [1.165, 1.54) is 6.07 Å². The summed E-state index contributed by atoms with van der Waals surface area (Å²) in [6.07, 6.45) is 0.0337. The summed E-state index contributed by atoms with van der Waals surface area (Å²) in [4.78, 5) is 20.8. The Morgan fingerprint density at radius 1 is 1.13 bits per heavy atom. The zero-order valence-corrected chi connectivity index (χ0v) is 16.7. The molecule has 154 valence electrons. The average Bonchev–Trinajstić information content (AvgIpc) is 3.30. The number of amides is 1. The molecule has 0 saturated carbocycles. The molecule has 11 heteroatoms. The van der Waals surface area contributed by atoms with Crippen LogP contribution in [0.2, 0.25) is 0 Å². The number of nitrogens with zero attached hydrogens (tertiary/aromatic N) is 3. The number of para-hydroxylation sites is 1. The normalized spacial score (nSPS) is 15.4. The van der Waals surface area contributed by atoms with Crippen LogP contribution in [-0.4, -0.2) is 49.0 Å². The molecule has 0 saturated heterocycles. The minimum Gasteiger partial charge on any atom is -0.496 e. The molecule has 1 aromatic heterocycles. The van der Waals surface area contributed by atoms with Crippen LogP contribution in [0.25, 0.3) is 11.4 Å². The highest BCUT2D eigenvalue weighted by Crippen LogP contribution is 2.27. The molecule has 30 heavy (non-hydrogen) atoms. The summed E-state index contributed by atoms with van der Waals surface area (Å²) >= 11 is 0. The molecule has 3 aromatic rings. The van der Waals surface area contributed by atoms with Crippen LogP contribution in [0.1, 0.15) is 12.0 Å². The fraction of sp³-hybridized carbons (Fsp3) is 0.158. The van der Waals surface area contributed by atoms with E-state index in [1.807, 2.05) is 18.2 Å². The molecule has 0 atom stereocenters. The minimum atomic E-state index is -3.60. The number of rotatable bonds is 6. The topological polar surface area (TPSA) is 138 Å². The number of carbonyl (C=O) groups excluding carboxylic acids is 1. The molecule has 4 rings (SSSR count). The highest BCUT2D eigenvalue weighted by Gasteiger charge is 2.29. The van der Waals surface area contributed by atoms with Gasteiger partial charge in [0.1, 0.15) is 11.6 Å². The van der Waals surface area contributed by atoms with Crippen LogP contribution in [0.5, 0.6) is 5.75 Å². The number of hydrogen-bond acceptors (Lipinski definition) is 7. The number of amidine groups is 1. The molecule has 3 N–H and O–H groups in total. The van der Waals surface area contributed by atoms with E-state index >= 15 is 0 Å². The molecule has 0 radical (unpaired) electrons. The minimum absolute atomic E-state index is 0.0337. The van der Waals surface area contributed by atoms with Gasteiger partial charge in [0.25, 0.3) is 10.0 Å². The van der Waals surface area contributed by atoms with Gasteiger partial charge in [0.2, 0.25) is 11.9 Å². The monoisotopic (exact) mass is 426 g/mol. The van der Waals surface area contributed by atoms with Crippen molar-refractivity contribution >= 4 is 27.7 Å². The molecule has 0 unspecified atom stereocenters. The number of aromatic nitrogens is 3. The van der Waals surface area contributed by atoms with Crippen molar-refractivity contribution in [2.24, 2.45) is 4.99 Å². The molecule has 1 aliphatic heterocycles. The van der Waals surface area contributed by atoms with Gasteiger partial charge in [-0.1, -0.05) is 24.3 Å². The first-order valence-corrected chi connectivity index (χ1v) is 10.5. The second kappa shape index (κ2) is 7.95. The largest absolute Gasteiger partial charge is 0.496 e. The van der Waals surface area contributed by atoms with Crippen LogP contribution in [0.3, 0.4) is 0 Å². The molecular weight excluding hydrogens is 408 g/mol. The first-order valence-electron chi connectivity index (χ1n) is 9.00. The van der Waals surface area contributed by atoms with E-state index in [2.05, 4.69) is 30.2 Å². The van der Waals surface area contributed by atoms with Gasteiger partial charge in [0.05, 0.1) is 24.1 Å². The van der Waals surface area contributed by atoms with Crippen LogP contribution >= 0.6 is 0 Å². The van der Waals surface area contributed by atoms with Crippen molar-refractivity contribution in [2.45, 2.75) is 11.3 Å². The Balaban J connectivity index is 1.39. The second-order valence-corrected chi connectivity index (χ2v) is 7.99. The van der Waals surface area contributed by atoms with Crippen LogP contribution in [0, 0.1) is 0 Å². The van der Waals surface area contributed by atoms with E-state index in [1.54, 1.807) is 31.4 Å². The Morgan fingerprint density at radius 3 is 2.67 bits per heavy atom. The number of sulfonamides is 1. The van der Waals surface area contributed by atoms with E-state index in [0.717, 1.165) is 0 Å². The third-order valence-electron chi connectivity index (χ3n) is 4.37. The van der Waals surface area contributed by atoms with Crippen molar-refractivity contribution in [3.8, 4) is 17.1 Å². The Morgan fingerprint density at radius 2 is 1.87 bits per heavy atom. The molecule has 0 spiro atoms. The van der Waals surface area contributed by atoms with Gasteiger partial charge < -0.3 is 4.74 Å². The fourth-order valence-corrected chi connectivity index (χ4v) is 4.24. The lowest BCUT2D eigenvalue weighted by Gasteiger charge is -2.04. The lowest BCUT2D eigenvalue weighted by molar-refractivity contribution is -0.116. The van der Waals surface area contributed by atoms with Gasteiger partial charge in [-0.15, -0.1) is 5.10 Å². The maximum absolute atomic E-state index is 12.2. The number of fused-ring (bicyclic) bond motifs is 1. The number of ether oxygens (including phenoxy) is 1. The lowest BCUT2D eigenvalue weighted by Crippen LogP contribution is -2.23. The van der Waals surface area contributed by atoms with Crippen LogP contribution in [-0.2, 0) is 14.8 Å². The molecule has 1 aliphatic rings. The Kier molecular flexibility index (Phi) is 5.19. The van der Waals surface area contributed by atoms with Crippen molar-refractivity contribution in [3.05, 3.63) is 54.1 Å². The van der Waals surface area contributed by atoms with Gasteiger partial charge >= 0.3 is 0 Å². The average molecular weight is 426 g/mol. The van der Waals surface area contributed by atoms with Crippen molar-refractivity contribution < 1.29 is 17.9 Å². The van der Waals surface area contributed by atoms with Gasteiger partial charge in [0.15, 0.2) is 5.82 Å². The summed E-state index contributed by atoms with van der Waals surface area (Å²) in [5, 5.41) is 9.34. The fourth-order valence-electron chi connectivity index (χ4n) is 2.99. The maximum Gasteiger partial charge on any atom is 0.263 e. The summed E-state index contributed by atoms with van der Waals surface area (Å²) in [5.41, 5.74) is 1.21. The highest BCUT2D eigenvalue weighted by atomic mass is 32.2. The SMILES string of the molecule is COc1ccccc1-c1nc(NC(=O)CCN=C2NS(=O)(=O)c3ccccc32)n[nH]1. The summed E-state index contributed by atoms with van der Waals surface area (Å²) in [6.45, 7) is 0.0990. The van der Waals surface area contributed by atoms with Crippen LogP contribution in [0.15, 0.2) is 58.4 Å². The predicted molar refractivity (Wildman–Crippen MR) is 110 cm³/mol. The van der Waals surface area contributed by atoms with Crippen molar-refractivity contribution in [1.29, 1.82) is 0 Å². The Hall–Kier alpha value is -3.73. The van der Waals surface area contributed by atoms with Gasteiger partial charge in [0, 0.05) is 12.0 Å². The number of anilines is 1. The van der Waals surface area contributed by atoms with E-state index in [9.17, 15) is 13.2 Å². The standard InChI is InChI=1S/C19H18N6O4S/c1-29-14-8-4-2-6-12(14)18-22-19(24-23-18)21-16(26)10-11-20-17-13-7-3-5-9-15(13)30(27,28)25-17/h2-9H,10-11H2,1H3,(H,20,25)(H2,21,22,23,24,26). The van der Waals surface area contributed by atoms with Crippen molar-refractivity contribution in [1.82, 2.24) is 19.9 Å². The highest BCUT2D eigenvalue weighted by molar-refractivity contribution is 7.90. The first kappa shape index (κ1) is 19.6. The molecule has 10 nitrogen and oxygen atoms in total. The summed E-state index contributed by atoms with van der Waals surface area (Å²) in [7, 11) is -2.04. The smallest absolute Gasteiger partial charge is 0.263 e. The number of methoxy groups -OCH3 is 1. The van der Waals surface area contributed by atoms with E-state index in [4.69, 9.17) is 4.74 Å². The number of carbonyl (C=O) groups is 1. The van der Waals surface area contributed by atoms with E-state index in [-0.39, 0.29) is 35.6 Å². The number of hydrogen-bond donors (Lipinski definition) is 3. The third-order valence-corrected chi connectivity index (χ3v) is 5.77. The second-order valence-electron chi connectivity index (χ2n) is 6.34.